The molecule has 1 aromatic heterocycles. The maximum atomic E-state index is 12.3. The molecule has 6 nitrogen and oxygen atoms in total. The molecule has 1 aromatic rings. The Bertz CT molecular complexity index is 563. The van der Waals surface area contributed by atoms with E-state index in [2.05, 4.69) is 17.4 Å². The summed E-state index contributed by atoms with van der Waals surface area (Å²) in [7, 11) is 0. The minimum atomic E-state index is -0.160. The Kier molecular flexibility index (Phi) is 4.18. The normalized spacial score (nSPS) is 25.6. The Morgan fingerprint density at radius 3 is 2.68 bits per heavy atom. The van der Waals surface area contributed by atoms with Gasteiger partial charge in [-0.15, -0.1) is 0 Å². The van der Waals surface area contributed by atoms with Crippen molar-refractivity contribution < 1.29 is 14.1 Å². The summed E-state index contributed by atoms with van der Waals surface area (Å²) in [6, 6.07) is 1.92. The molecule has 1 aliphatic heterocycles. The Labute approximate surface area is 130 Å². The first kappa shape index (κ1) is 15.1. The Morgan fingerprint density at radius 2 is 2.05 bits per heavy atom. The first-order valence-corrected chi connectivity index (χ1v) is 8.07. The number of hydrogen-bond acceptors (Lipinski definition) is 4. The number of carbonyl (C=O) groups excluding carboxylic acids is 2. The van der Waals surface area contributed by atoms with E-state index in [0.717, 1.165) is 6.42 Å². The maximum Gasteiger partial charge on any atom is 0.276 e. The highest BCUT2D eigenvalue weighted by molar-refractivity contribution is 5.94. The average molecular weight is 305 g/mol. The van der Waals surface area contributed by atoms with Crippen molar-refractivity contribution in [2.75, 3.05) is 13.1 Å². The number of aromatic nitrogens is 1. The van der Waals surface area contributed by atoms with Gasteiger partial charge in [-0.25, -0.2) is 0 Å². The minimum Gasteiger partial charge on any atom is -0.361 e. The monoisotopic (exact) mass is 305 g/mol. The molecular formula is C16H23N3O3. The summed E-state index contributed by atoms with van der Waals surface area (Å²) in [6.07, 6.45) is 4.71. The highest BCUT2D eigenvalue weighted by Gasteiger charge is 2.38. The van der Waals surface area contributed by atoms with E-state index in [1.165, 1.54) is 19.3 Å². The summed E-state index contributed by atoms with van der Waals surface area (Å²) in [5.41, 5.74) is 0.317. The van der Waals surface area contributed by atoms with Gasteiger partial charge < -0.3 is 14.7 Å². The predicted octanol–water partition coefficient (Wildman–Crippen LogP) is 1.75. The van der Waals surface area contributed by atoms with Crippen LogP contribution in [0.25, 0.3) is 0 Å². The molecule has 120 valence electrons. The largest absolute Gasteiger partial charge is 0.361 e. The van der Waals surface area contributed by atoms with Crippen LogP contribution in [0.15, 0.2) is 10.6 Å². The van der Waals surface area contributed by atoms with Gasteiger partial charge in [0.05, 0.1) is 5.92 Å². The third kappa shape index (κ3) is 3.00. The lowest BCUT2D eigenvalue weighted by Gasteiger charge is -2.39. The van der Waals surface area contributed by atoms with Gasteiger partial charge in [0.2, 0.25) is 5.91 Å². The number of hydrogen-bond donors (Lipinski definition) is 1. The van der Waals surface area contributed by atoms with E-state index in [1.807, 2.05) is 0 Å². The van der Waals surface area contributed by atoms with E-state index in [1.54, 1.807) is 17.9 Å². The van der Waals surface area contributed by atoms with Crippen LogP contribution >= 0.6 is 0 Å². The number of amides is 2. The van der Waals surface area contributed by atoms with Crippen LogP contribution in [-0.4, -0.2) is 41.0 Å². The Balaban J connectivity index is 1.48. The minimum absolute atomic E-state index is 0.0825. The summed E-state index contributed by atoms with van der Waals surface area (Å²) < 4.78 is 4.91. The van der Waals surface area contributed by atoms with Gasteiger partial charge in [0.25, 0.3) is 5.91 Å². The summed E-state index contributed by atoms with van der Waals surface area (Å²) in [4.78, 5) is 26.0. The molecule has 2 heterocycles. The van der Waals surface area contributed by atoms with Crippen molar-refractivity contribution in [3.05, 3.63) is 17.5 Å². The van der Waals surface area contributed by atoms with Crippen molar-refractivity contribution in [3.63, 3.8) is 0 Å². The smallest absolute Gasteiger partial charge is 0.276 e. The van der Waals surface area contributed by atoms with Crippen LogP contribution < -0.4 is 5.32 Å². The van der Waals surface area contributed by atoms with Crippen molar-refractivity contribution in [2.45, 2.75) is 45.6 Å². The molecule has 2 aliphatic rings. The lowest BCUT2D eigenvalue weighted by atomic mass is 9.85. The van der Waals surface area contributed by atoms with Crippen LogP contribution in [0.3, 0.4) is 0 Å². The Hall–Kier alpha value is -1.85. The summed E-state index contributed by atoms with van der Waals surface area (Å²) in [5, 5.41) is 6.89. The topological polar surface area (TPSA) is 75.4 Å². The van der Waals surface area contributed by atoms with Gasteiger partial charge >= 0.3 is 0 Å². The van der Waals surface area contributed by atoms with E-state index < -0.39 is 0 Å². The molecular weight excluding hydrogens is 282 g/mol. The molecule has 0 bridgehead atoms. The second-order valence-corrected chi connectivity index (χ2v) is 6.61. The van der Waals surface area contributed by atoms with Crippen molar-refractivity contribution in [1.29, 1.82) is 0 Å². The van der Waals surface area contributed by atoms with E-state index in [9.17, 15) is 9.59 Å². The maximum absolute atomic E-state index is 12.3. The SMILES string of the molecule is Cc1cc(C(=O)N2CC(C(=O)NC3CCCCC3C)C2)no1. The van der Waals surface area contributed by atoms with Crippen LogP contribution in [0.2, 0.25) is 0 Å². The Morgan fingerprint density at radius 1 is 1.32 bits per heavy atom. The summed E-state index contributed by atoms with van der Waals surface area (Å²) in [6.45, 7) is 4.89. The van der Waals surface area contributed by atoms with Crippen LogP contribution in [0.1, 0.15) is 48.9 Å². The van der Waals surface area contributed by atoms with Gasteiger partial charge in [0.1, 0.15) is 5.76 Å². The summed E-state index contributed by atoms with van der Waals surface area (Å²) >= 11 is 0. The molecule has 0 aromatic carbocycles. The van der Waals surface area contributed by atoms with Gasteiger partial charge in [-0.2, -0.15) is 0 Å². The third-order valence-electron chi connectivity index (χ3n) is 4.83. The highest BCUT2D eigenvalue weighted by atomic mass is 16.5. The second-order valence-electron chi connectivity index (χ2n) is 6.61. The van der Waals surface area contributed by atoms with Crippen molar-refractivity contribution >= 4 is 11.8 Å². The molecule has 2 unspecified atom stereocenters. The van der Waals surface area contributed by atoms with E-state index in [0.29, 0.717) is 36.5 Å². The molecule has 3 rings (SSSR count). The fraction of sp³-hybridized carbons (Fsp3) is 0.688. The van der Waals surface area contributed by atoms with Gasteiger partial charge in [-0.05, 0) is 25.7 Å². The lowest BCUT2D eigenvalue weighted by molar-refractivity contribution is -0.130. The summed E-state index contributed by atoms with van der Waals surface area (Å²) in [5.74, 6) is 0.996. The molecule has 0 spiro atoms. The van der Waals surface area contributed by atoms with Gasteiger partial charge in [-0.3, -0.25) is 9.59 Å². The number of nitrogens with zero attached hydrogens (tertiary/aromatic N) is 2. The average Bonchev–Trinajstić information content (AvgIpc) is 2.86. The van der Waals surface area contributed by atoms with Crippen LogP contribution in [-0.2, 0) is 4.79 Å². The van der Waals surface area contributed by atoms with Crippen LogP contribution in [0.4, 0.5) is 0 Å². The van der Waals surface area contributed by atoms with Crippen LogP contribution in [0, 0.1) is 18.8 Å². The number of carbonyl (C=O) groups is 2. The van der Waals surface area contributed by atoms with Gasteiger partial charge in [0, 0.05) is 25.2 Å². The number of aryl methyl sites for hydroxylation is 1. The molecule has 2 fully saturated rings. The lowest BCUT2D eigenvalue weighted by Crippen LogP contribution is -2.57. The highest BCUT2D eigenvalue weighted by Crippen LogP contribution is 2.25. The molecule has 2 amide bonds. The number of rotatable bonds is 3. The van der Waals surface area contributed by atoms with Gasteiger partial charge in [0.15, 0.2) is 5.69 Å². The first-order valence-electron chi connectivity index (χ1n) is 8.07. The molecule has 0 radical (unpaired) electrons. The second kappa shape index (κ2) is 6.10. The fourth-order valence-corrected chi connectivity index (χ4v) is 3.27. The zero-order valence-electron chi connectivity index (χ0n) is 13.2. The van der Waals surface area contributed by atoms with Crippen LogP contribution in [0.5, 0.6) is 0 Å². The molecule has 2 atom stereocenters. The van der Waals surface area contributed by atoms with Crippen molar-refractivity contribution in [3.8, 4) is 0 Å². The molecule has 22 heavy (non-hydrogen) atoms. The quantitative estimate of drug-likeness (QED) is 0.923. The number of nitrogens with one attached hydrogen (secondary N) is 1. The fourth-order valence-electron chi connectivity index (χ4n) is 3.27. The van der Waals surface area contributed by atoms with Gasteiger partial charge in [-0.1, -0.05) is 24.9 Å². The third-order valence-corrected chi connectivity index (χ3v) is 4.83. The zero-order chi connectivity index (χ0) is 15.7. The molecule has 1 saturated heterocycles. The molecule has 1 saturated carbocycles. The molecule has 6 heteroatoms. The van der Waals surface area contributed by atoms with E-state index >= 15 is 0 Å². The molecule has 1 N–H and O–H groups in total. The standard InChI is InChI=1S/C16H23N3O3/c1-10-5-3-4-6-13(10)17-15(20)12-8-19(9-12)16(21)14-7-11(2)22-18-14/h7,10,12-13H,3-6,8-9H2,1-2H3,(H,17,20). The number of likely N-dealkylation sites (tertiary alicyclic amines) is 1. The van der Waals surface area contributed by atoms with Crippen molar-refractivity contribution in [1.82, 2.24) is 15.4 Å². The van der Waals surface area contributed by atoms with E-state index in [-0.39, 0.29) is 17.7 Å². The molecule has 1 aliphatic carbocycles. The van der Waals surface area contributed by atoms with E-state index in [4.69, 9.17) is 4.52 Å². The predicted molar refractivity (Wildman–Crippen MR) is 80.2 cm³/mol. The van der Waals surface area contributed by atoms with Crippen molar-refractivity contribution in [2.24, 2.45) is 11.8 Å². The first-order chi connectivity index (χ1) is 10.5. The zero-order valence-corrected chi connectivity index (χ0v) is 13.2.